The van der Waals surface area contributed by atoms with Crippen LogP contribution in [0.15, 0.2) is 91.0 Å². The average Bonchev–Trinajstić information content (AvgIpc) is 3.31. The molecule has 164 valence electrons. The number of ether oxygens (including phenoxy) is 1. The molecule has 1 aliphatic heterocycles. The summed E-state index contributed by atoms with van der Waals surface area (Å²) in [6, 6.07) is 27.9. The van der Waals surface area contributed by atoms with E-state index in [9.17, 15) is 14.7 Å². The molecule has 1 atom stereocenters. The van der Waals surface area contributed by atoms with Gasteiger partial charge in [0.1, 0.15) is 12.0 Å². The van der Waals surface area contributed by atoms with Gasteiger partial charge < -0.3 is 14.7 Å². The fraction of sp³-hybridized carbons (Fsp3) is 0.259. The highest BCUT2D eigenvalue weighted by Gasteiger charge is 2.46. The number of rotatable bonds is 7. The van der Waals surface area contributed by atoms with Crippen molar-refractivity contribution in [2.45, 2.75) is 37.3 Å². The van der Waals surface area contributed by atoms with E-state index in [1.54, 1.807) is 4.90 Å². The van der Waals surface area contributed by atoms with E-state index in [4.69, 9.17) is 4.74 Å². The quantitative estimate of drug-likeness (QED) is 0.557. The van der Waals surface area contributed by atoms with Gasteiger partial charge in [0.2, 0.25) is 0 Å². The molecule has 5 heteroatoms. The maximum atomic E-state index is 12.9. The van der Waals surface area contributed by atoms with Crippen molar-refractivity contribution in [2.75, 3.05) is 6.54 Å². The van der Waals surface area contributed by atoms with E-state index in [0.29, 0.717) is 17.7 Å². The van der Waals surface area contributed by atoms with Crippen molar-refractivity contribution in [3.05, 3.63) is 108 Å². The first-order chi connectivity index (χ1) is 15.6. The second-order valence-corrected chi connectivity index (χ2v) is 8.18. The third kappa shape index (κ3) is 4.37. The number of likely N-dealkylation sites (tertiary alicyclic amines) is 1. The summed E-state index contributed by atoms with van der Waals surface area (Å²) < 4.78 is 5.57. The van der Waals surface area contributed by atoms with E-state index in [0.717, 1.165) is 18.4 Å². The Hall–Kier alpha value is -3.60. The van der Waals surface area contributed by atoms with Crippen LogP contribution in [0.3, 0.4) is 0 Å². The Morgan fingerprint density at radius 3 is 1.94 bits per heavy atom. The highest BCUT2D eigenvalue weighted by molar-refractivity contribution is 5.86. The zero-order chi connectivity index (χ0) is 22.4. The normalized spacial score (nSPS) is 16.0. The predicted molar refractivity (Wildman–Crippen MR) is 122 cm³/mol. The molecule has 1 N–H and O–H groups in total. The number of hydrogen-bond acceptors (Lipinski definition) is 3. The van der Waals surface area contributed by atoms with Gasteiger partial charge in [0.25, 0.3) is 0 Å². The lowest BCUT2D eigenvalue weighted by Gasteiger charge is -2.35. The summed E-state index contributed by atoms with van der Waals surface area (Å²) in [4.78, 5) is 27.5. The Balaban J connectivity index is 1.61. The third-order valence-corrected chi connectivity index (χ3v) is 6.26. The maximum Gasteiger partial charge on any atom is 0.410 e. The fourth-order valence-corrected chi connectivity index (χ4v) is 4.63. The number of carbonyl (C=O) groups is 2. The summed E-state index contributed by atoms with van der Waals surface area (Å²) in [5, 5.41) is 10.5. The predicted octanol–water partition coefficient (Wildman–Crippen LogP) is 5.25. The Labute approximate surface area is 188 Å². The molecular formula is C27H27NO4. The minimum Gasteiger partial charge on any atom is -0.480 e. The van der Waals surface area contributed by atoms with Crippen LogP contribution >= 0.6 is 0 Å². The van der Waals surface area contributed by atoms with E-state index >= 15 is 0 Å². The van der Waals surface area contributed by atoms with Crippen molar-refractivity contribution < 1.29 is 19.4 Å². The van der Waals surface area contributed by atoms with Crippen molar-refractivity contribution >= 4 is 12.1 Å². The molecule has 0 radical (unpaired) electrons. The van der Waals surface area contributed by atoms with E-state index in [-0.39, 0.29) is 19.1 Å². The summed E-state index contributed by atoms with van der Waals surface area (Å²) in [7, 11) is 0. The van der Waals surface area contributed by atoms with E-state index < -0.39 is 17.5 Å². The molecule has 0 bridgehead atoms. The molecule has 1 amide bonds. The molecule has 1 unspecified atom stereocenters. The van der Waals surface area contributed by atoms with Crippen LogP contribution in [0.25, 0.3) is 0 Å². The SMILES string of the molecule is O=C(OCc1ccccc1)N1CCCC1CC(C(=O)O)(c1ccccc1)c1ccccc1. The van der Waals surface area contributed by atoms with Gasteiger partial charge in [-0.15, -0.1) is 0 Å². The van der Waals surface area contributed by atoms with Crippen molar-refractivity contribution in [2.24, 2.45) is 0 Å². The van der Waals surface area contributed by atoms with Gasteiger partial charge in [-0.25, -0.2) is 4.79 Å². The van der Waals surface area contributed by atoms with Gasteiger partial charge in [-0.2, -0.15) is 0 Å². The molecule has 0 saturated carbocycles. The summed E-state index contributed by atoms with van der Waals surface area (Å²) >= 11 is 0. The van der Waals surface area contributed by atoms with Crippen molar-refractivity contribution in [1.82, 2.24) is 4.90 Å². The number of aliphatic carboxylic acids is 1. The summed E-state index contributed by atoms with van der Waals surface area (Å²) in [5.41, 5.74) is 1.09. The molecular weight excluding hydrogens is 402 g/mol. The topological polar surface area (TPSA) is 66.8 Å². The minimum atomic E-state index is -1.25. The van der Waals surface area contributed by atoms with E-state index in [1.165, 1.54) is 0 Å². The molecule has 1 saturated heterocycles. The molecule has 4 rings (SSSR count). The highest BCUT2D eigenvalue weighted by Crippen LogP contribution is 2.40. The minimum absolute atomic E-state index is 0.199. The van der Waals surface area contributed by atoms with Crippen LogP contribution < -0.4 is 0 Å². The van der Waals surface area contributed by atoms with Gasteiger partial charge in [-0.1, -0.05) is 91.0 Å². The van der Waals surface area contributed by atoms with Crippen LogP contribution in [-0.2, 0) is 21.6 Å². The number of benzene rings is 3. The Kier molecular flexibility index (Phi) is 6.55. The lowest BCUT2D eigenvalue weighted by Crippen LogP contribution is -2.45. The van der Waals surface area contributed by atoms with Gasteiger partial charge in [0.05, 0.1) is 0 Å². The molecule has 1 fully saturated rings. The molecule has 0 spiro atoms. The Morgan fingerprint density at radius 1 is 0.875 bits per heavy atom. The lowest BCUT2D eigenvalue weighted by atomic mass is 9.70. The first kappa shape index (κ1) is 21.6. The highest BCUT2D eigenvalue weighted by atomic mass is 16.6. The van der Waals surface area contributed by atoms with Gasteiger partial charge in [0, 0.05) is 12.6 Å². The number of amides is 1. The summed E-state index contributed by atoms with van der Waals surface area (Å²) in [6.07, 6.45) is 1.47. The lowest BCUT2D eigenvalue weighted by molar-refractivity contribution is -0.142. The third-order valence-electron chi connectivity index (χ3n) is 6.26. The van der Waals surface area contributed by atoms with Gasteiger partial charge in [-0.05, 0) is 36.0 Å². The number of carboxylic acids is 1. The Morgan fingerprint density at radius 2 is 1.41 bits per heavy atom. The molecule has 1 heterocycles. The Bertz CT molecular complexity index is 998. The molecule has 0 aromatic heterocycles. The van der Waals surface area contributed by atoms with Crippen LogP contribution in [0.1, 0.15) is 36.0 Å². The number of carbonyl (C=O) groups excluding carboxylic acids is 1. The van der Waals surface area contributed by atoms with Crippen molar-refractivity contribution in [3.63, 3.8) is 0 Å². The average molecular weight is 430 g/mol. The standard InChI is InChI=1S/C27H27NO4/c29-25(30)27(22-13-6-2-7-14-22,23-15-8-3-9-16-23)19-24-17-10-18-28(24)26(31)32-20-21-11-4-1-5-12-21/h1-9,11-16,24H,10,17-20H2,(H,29,30). The van der Waals surface area contributed by atoms with Gasteiger partial charge in [-0.3, -0.25) is 4.79 Å². The van der Waals surface area contributed by atoms with E-state index in [1.807, 2.05) is 91.0 Å². The van der Waals surface area contributed by atoms with Gasteiger partial charge in [0.15, 0.2) is 0 Å². The van der Waals surface area contributed by atoms with E-state index in [2.05, 4.69) is 0 Å². The number of hydrogen-bond donors (Lipinski definition) is 1. The second kappa shape index (κ2) is 9.69. The number of nitrogens with zero attached hydrogens (tertiary/aromatic N) is 1. The molecule has 3 aromatic carbocycles. The maximum absolute atomic E-state index is 12.9. The van der Waals surface area contributed by atoms with Crippen molar-refractivity contribution in [1.29, 1.82) is 0 Å². The molecule has 0 aliphatic carbocycles. The van der Waals surface area contributed by atoms with Crippen LogP contribution in [0, 0.1) is 0 Å². The zero-order valence-corrected chi connectivity index (χ0v) is 17.9. The van der Waals surface area contributed by atoms with Crippen molar-refractivity contribution in [3.8, 4) is 0 Å². The molecule has 32 heavy (non-hydrogen) atoms. The zero-order valence-electron chi connectivity index (χ0n) is 17.9. The monoisotopic (exact) mass is 429 g/mol. The number of carboxylic acid groups (broad SMARTS) is 1. The van der Waals surface area contributed by atoms with Crippen LogP contribution in [0.5, 0.6) is 0 Å². The van der Waals surface area contributed by atoms with Crippen LogP contribution in [-0.4, -0.2) is 34.7 Å². The first-order valence-electron chi connectivity index (χ1n) is 10.9. The fourth-order valence-electron chi connectivity index (χ4n) is 4.63. The van der Waals surface area contributed by atoms with Gasteiger partial charge >= 0.3 is 12.1 Å². The second-order valence-electron chi connectivity index (χ2n) is 8.18. The van der Waals surface area contributed by atoms with Crippen LogP contribution in [0.4, 0.5) is 4.79 Å². The smallest absolute Gasteiger partial charge is 0.410 e. The molecule has 3 aromatic rings. The first-order valence-corrected chi connectivity index (χ1v) is 10.9. The van der Waals surface area contributed by atoms with Crippen LogP contribution in [0.2, 0.25) is 0 Å². The largest absolute Gasteiger partial charge is 0.480 e. The molecule has 1 aliphatic rings. The summed E-state index contributed by atoms with van der Waals surface area (Å²) in [6.45, 7) is 0.766. The molecule has 5 nitrogen and oxygen atoms in total. The summed E-state index contributed by atoms with van der Waals surface area (Å²) in [5.74, 6) is -0.917.